The van der Waals surface area contributed by atoms with Gasteiger partial charge in [0.25, 0.3) is 5.91 Å². The van der Waals surface area contributed by atoms with Crippen molar-refractivity contribution < 1.29 is 17.6 Å². The summed E-state index contributed by atoms with van der Waals surface area (Å²) in [5, 5.41) is 3.48. The molecule has 2 aromatic rings. The highest BCUT2D eigenvalue weighted by molar-refractivity contribution is 7.89. The number of sulfonamides is 1. The molecule has 146 valence electrons. The minimum absolute atomic E-state index is 0.00856. The fourth-order valence-electron chi connectivity index (χ4n) is 3.27. The third-order valence-electron chi connectivity index (χ3n) is 4.74. The number of halogens is 1. The van der Waals surface area contributed by atoms with E-state index in [4.69, 9.17) is 16.0 Å². The largest absolute Gasteiger partial charge is 0.455 e. The molecule has 6 nitrogen and oxygen atoms in total. The number of carbonyl (C=O) groups excluding carboxylic acids is 1. The Balaban J connectivity index is 1.81. The predicted octanol–water partition coefficient (Wildman–Crippen LogP) is 3.91. The number of amides is 1. The van der Waals surface area contributed by atoms with Crippen LogP contribution < -0.4 is 5.32 Å². The summed E-state index contributed by atoms with van der Waals surface area (Å²) in [6.07, 6.45) is 2.35. The van der Waals surface area contributed by atoms with Crippen LogP contribution in [0.15, 0.2) is 39.6 Å². The maximum atomic E-state index is 12.7. The van der Waals surface area contributed by atoms with Crippen molar-refractivity contribution in [2.24, 2.45) is 0 Å². The summed E-state index contributed by atoms with van der Waals surface area (Å²) in [5.41, 5.74) is 0.881. The van der Waals surface area contributed by atoms with Crippen molar-refractivity contribution in [3.63, 3.8) is 0 Å². The first-order chi connectivity index (χ1) is 12.8. The van der Waals surface area contributed by atoms with Crippen LogP contribution in [0.1, 0.15) is 54.1 Å². The average molecular weight is 411 g/mol. The lowest BCUT2D eigenvalue weighted by Crippen LogP contribution is -2.28. The molecule has 27 heavy (non-hydrogen) atoms. The molecule has 2 heterocycles. The minimum Gasteiger partial charge on any atom is -0.455 e. The van der Waals surface area contributed by atoms with E-state index in [1.54, 1.807) is 19.1 Å². The maximum absolute atomic E-state index is 12.7. The summed E-state index contributed by atoms with van der Waals surface area (Å²) in [5.74, 6) is -0.235. The highest BCUT2D eigenvalue weighted by Gasteiger charge is 2.32. The van der Waals surface area contributed by atoms with Crippen molar-refractivity contribution in [2.75, 3.05) is 13.1 Å². The van der Waals surface area contributed by atoms with Crippen molar-refractivity contribution in [2.45, 2.75) is 44.0 Å². The summed E-state index contributed by atoms with van der Waals surface area (Å²) < 4.78 is 32.4. The number of nitrogens with one attached hydrogen (secondary N) is 1. The molecular weight excluding hydrogens is 388 g/mol. The summed E-state index contributed by atoms with van der Waals surface area (Å²) in [7, 11) is -3.63. The molecule has 1 amide bonds. The van der Waals surface area contributed by atoms with Gasteiger partial charge in [-0.25, -0.2) is 8.42 Å². The molecular formula is C19H23ClN2O4S. The monoisotopic (exact) mass is 410 g/mol. The van der Waals surface area contributed by atoms with Crippen LogP contribution in [0.5, 0.6) is 0 Å². The molecule has 1 atom stereocenters. The zero-order chi connectivity index (χ0) is 19.6. The van der Waals surface area contributed by atoms with E-state index in [0.717, 1.165) is 18.4 Å². The quantitative estimate of drug-likeness (QED) is 0.783. The molecule has 1 N–H and O–H groups in total. The summed E-state index contributed by atoms with van der Waals surface area (Å²) >= 11 is 6.03. The van der Waals surface area contributed by atoms with Crippen molar-refractivity contribution in [3.8, 4) is 0 Å². The second kappa shape index (κ2) is 8.04. The number of hydrogen-bond donors (Lipinski definition) is 1. The summed E-state index contributed by atoms with van der Waals surface area (Å²) in [6, 6.07) is 8.35. The van der Waals surface area contributed by atoms with E-state index in [1.165, 1.54) is 10.4 Å². The maximum Gasteiger partial charge on any atom is 0.287 e. The zero-order valence-electron chi connectivity index (χ0n) is 15.4. The lowest BCUT2D eigenvalue weighted by molar-refractivity contribution is 0.0906. The van der Waals surface area contributed by atoms with Gasteiger partial charge in [0, 0.05) is 24.2 Å². The SMILES string of the molecule is CCC(NC(=O)c1cc(S(=O)(=O)N2CCCC2)c(C)o1)c1cccc(Cl)c1. The Morgan fingerprint density at radius 3 is 2.63 bits per heavy atom. The van der Waals surface area contributed by atoms with Crippen LogP contribution in [0, 0.1) is 6.92 Å². The number of benzene rings is 1. The van der Waals surface area contributed by atoms with Gasteiger partial charge >= 0.3 is 0 Å². The molecule has 1 aliphatic rings. The smallest absolute Gasteiger partial charge is 0.287 e. The normalized spacial score (nSPS) is 16.4. The molecule has 1 fully saturated rings. The number of furan rings is 1. The lowest BCUT2D eigenvalue weighted by Gasteiger charge is -2.17. The van der Waals surface area contributed by atoms with Gasteiger partial charge in [-0.05, 0) is 43.9 Å². The fourth-order valence-corrected chi connectivity index (χ4v) is 5.15. The van der Waals surface area contributed by atoms with Gasteiger partial charge in [0.05, 0.1) is 6.04 Å². The second-order valence-corrected chi connectivity index (χ2v) is 8.97. The highest BCUT2D eigenvalue weighted by Crippen LogP contribution is 2.27. The number of hydrogen-bond acceptors (Lipinski definition) is 4. The van der Waals surface area contributed by atoms with Gasteiger partial charge in [0.1, 0.15) is 10.7 Å². The van der Waals surface area contributed by atoms with E-state index < -0.39 is 15.9 Å². The van der Waals surface area contributed by atoms with E-state index in [9.17, 15) is 13.2 Å². The van der Waals surface area contributed by atoms with E-state index in [-0.39, 0.29) is 22.5 Å². The van der Waals surface area contributed by atoms with Gasteiger partial charge in [0.15, 0.2) is 5.76 Å². The lowest BCUT2D eigenvalue weighted by atomic mass is 10.0. The Hall–Kier alpha value is -1.83. The predicted molar refractivity (Wildman–Crippen MR) is 103 cm³/mol. The average Bonchev–Trinajstić information content (AvgIpc) is 3.29. The Morgan fingerprint density at radius 1 is 1.30 bits per heavy atom. The van der Waals surface area contributed by atoms with Crippen LogP contribution in [0.4, 0.5) is 0 Å². The number of rotatable bonds is 6. The number of carbonyl (C=O) groups is 1. The van der Waals surface area contributed by atoms with E-state index in [2.05, 4.69) is 5.32 Å². The van der Waals surface area contributed by atoms with Crippen molar-refractivity contribution in [1.82, 2.24) is 9.62 Å². The molecule has 1 aliphatic heterocycles. The molecule has 0 spiro atoms. The Labute approximate surface area is 164 Å². The minimum atomic E-state index is -3.63. The molecule has 1 unspecified atom stereocenters. The van der Waals surface area contributed by atoms with Crippen LogP contribution in [-0.4, -0.2) is 31.7 Å². The fraction of sp³-hybridized carbons (Fsp3) is 0.421. The first-order valence-corrected chi connectivity index (χ1v) is 10.8. The molecule has 1 aromatic heterocycles. The third kappa shape index (κ3) is 4.20. The van der Waals surface area contributed by atoms with Gasteiger partial charge in [-0.3, -0.25) is 4.79 Å². The topological polar surface area (TPSA) is 79.6 Å². The molecule has 1 saturated heterocycles. The van der Waals surface area contributed by atoms with Gasteiger partial charge in [-0.2, -0.15) is 4.31 Å². The van der Waals surface area contributed by atoms with Crippen LogP contribution in [0.25, 0.3) is 0 Å². The molecule has 0 aliphatic carbocycles. The van der Waals surface area contributed by atoms with Crippen LogP contribution >= 0.6 is 11.6 Å². The highest BCUT2D eigenvalue weighted by atomic mass is 35.5. The zero-order valence-corrected chi connectivity index (χ0v) is 16.9. The van der Waals surface area contributed by atoms with Gasteiger partial charge in [-0.15, -0.1) is 0 Å². The van der Waals surface area contributed by atoms with Crippen LogP contribution in [-0.2, 0) is 10.0 Å². The van der Waals surface area contributed by atoms with E-state index in [1.807, 2.05) is 19.1 Å². The van der Waals surface area contributed by atoms with E-state index >= 15 is 0 Å². The molecule has 1 aromatic carbocycles. The Bertz CT molecular complexity index is 933. The van der Waals surface area contributed by atoms with Crippen molar-refractivity contribution in [3.05, 3.63) is 52.4 Å². The third-order valence-corrected chi connectivity index (χ3v) is 6.98. The molecule has 0 radical (unpaired) electrons. The second-order valence-electron chi connectivity index (χ2n) is 6.63. The Kier molecular flexibility index (Phi) is 5.93. The van der Waals surface area contributed by atoms with Gasteiger partial charge in [-0.1, -0.05) is 30.7 Å². The number of aryl methyl sites for hydroxylation is 1. The summed E-state index contributed by atoms with van der Waals surface area (Å²) in [4.78, 5) is 12.7. The van der Waals surface area contributed by atoms with Gasteiger partial charge < -0.3 is 9.73 Å². The Morgan fingerprint density at radius 2 is 2.00 bits per heavy atom. The van der Waals surface area contributed by atoms with Crippen LogP contribution in [0.2, 0.25) is 5.02 Å². The molecule has 0 saturated carbocycles. The van der Waals surface area contributed by atoms with Crippen molar-refractivity contribution >= 4 is 27.5 Å². The van der Waals surface area contributed by atoms with E-state index in [0.29, 0.717) is 24.5 Å². The molecule has 0 bridgehead atoms. The molecule has 8 heteroatoms. The summed E-state index contributed by atoms with van der Waals surface area (Å²) in [6.45, 7) is 4.51. The van der Waals surface area contributed by atoms with Gasteiger partial charge in [0.2, 0.25) is 10.0 Å². The molecule has 3 rings (SSSR count). The first kappa shape index (κ1) is 19.9. The first-order valence-electron chi connectivity index (χ1n) is 9.00. The number of nitrogens with zero attached hydrogens (tertiary/aromatic N) is 1. The standard InChI is InChI=1S/C19H23ClN2O4S/c1-3-16(14-7-6-8-15(20)11-14)21-19(23)17-12-18(13(2)26-17)27(24,25)22-9-4-5-10-22/h6-8,11-12,16H,3-5,9-10H2,1-2H3,(H,21,23). The van der Waals surface area contributed by atoms with Crippen LogP contribution in [0.3, 0.4) is 0 Å². The van der Waals surface area contributed by atoms with Crippen molar-refractivity contribution in [1.29, 1.82) is 0 Å².